The van der Waals surface area contributed by atoms with Crippen molar-refractivity contribution in [2.24, 2.45) is 10.8 Å². The molecule has 30 heavy (non-hydrogen) atoms. The Morgan fingerprint density at radius 3 is 1.23 bits per heavy atom. The molecule has 0 aliphatic carbocycles. The second kappa shape index (κ2) is 7.63. The van der Waals surface area contributed by atoms with E-state index in [1.54, 1.807) is 38.2 Å². The molecule has 0 N–H and O–H groups in total. The fraction of sp³-hybridized carbons (Fsp3) is 0.750. The van der Waals surface area contributed by atoms with Crippen LogP contribution in [0.25, 0.3) is 0 Å². The van der Waals surface area contributed by atoms with Gasteiger partial charge in [-0.05, 0) is 60.8 Å². The van der Waals surface area contributed by atoms with Crippen LogP contribution in [0.1, 0.15) is 119 Å². The van der Waals surface area contributed by atoms with E-state index >= 15 is 0 Å². The van der Waals surface area contributed by atoms with E-state index in [-0.39, 0.29) is 36.1 Å². The standard InChI is InChI=1S/C28H49P2/c1-17-18(2)22(26(8,9)10)29(21(17)25(5,6)7)30-23(27(11,12)13)19(3)20(4)24(30)28(14,15)16/h21H,1-16H3/q+1. The highest BCUT2D eigenvalue weighted by atomic mass is 32.0. The first-order valence-corrected chi connectivity index (χ1v) is 15.2. The lowest BCUT2D eigenvalue weighted by Crippen LogP contribution is -2.24. The molecule has 2 heteroatoms. The summed E-state index contributed by atoms with van der Waals surface area (Å²) in [6, 6.07) is 0. The van der Waals surface area contributed by atoms with Crippen molar-refractivity contribution in [1.29, 1.82) is 0 Å². The van der Waals surface area contributed by atoms with Gasteiger partial charge in [0.1, 0.15) is 11.0 Å². The second-order valence-corrected chi connectivity index (χ2v) is 19.4. The molecule has 0 amide bonds. The molecule has 170 valence electrons. The molecule has 0 saturated carbocycles. The summed E-state index contributed by atoms with van der Waals surface area (Å²) in [5.41, 5.74) is 8.09. The van der Waals surface area contributed by atoms with Crippen molar-refractivity contribution in [3.05, 3.63) is 32.9 Å². The van der Waals surface area contributed by atoms with E-state index < -0.39 is 0 Å². The molecule has 2 atom stereocenters. The molecule has 2 rings (SSSR count). The Morgan fingerprint density at radius 1 is 0.600 bits per heavy atom. The molecule has 0 radical (unpaired) electrons. The maximum absolute atomic E-state index is 2.49. The third kappa shape index (κ3) is 4.30. The van der Waals surface area contributed by atoms with Gasteiger partial charge in [-0.3, -0.25) is 0 Å². The molecule has 0 nitrogen and oxygen atoms in total. The highest BCUT2D eigenvalue weighted by Gasteiger charge is 2.53. The highest BCUT2D eigenvalue weighted by molar-refractivity contribution is 8.26. The summed E-state index contributed by atoms with van der Waals surface area (Å²) in [5.74, 6) is 0. The minimum Gasteiger partial charge on any atom is -0.0556 e. The fourth-order valence-corrected chi connectivity index (χ4v) is 20.1. The van der Waals surface area contributed by atoms with Gasteiger partial charge in [-0.25, -0.2) is 0 Å². The second-order valence-electron chi connectivity index (χ2n) is 13.8. The first-order chi connectivity index (χ1) is 13.1. The topological polar surface area (TPSA) is 0 Å². The van der Waals surface area contributed by atoms with E-state index in [4.69, 9.17) is 0 Å². The van der Waals surface area contributed by atoms with Gasteiger partial charge < -0.3 is 0 Å². The van der Waals surface area contributed by atoms with Crippen molar-refractivity contribution < 1.29 is 0 Å². The number of allylic oxidation sites excluding steroid dienone is 2. The molecule has 1 aromatic rings. The Morgan fingerprint density at radius 2 is 0.967 bits per heavy atom. The van der Waals surface area contributed by atoms with E-state index in [1.807, 2.05) is 0 Å². The molecule has 1 aliphatic rings. The molecule has 1 aromatic heterocycles. The number of rotatable bonds is 1. The van der Waals surface area contributed by atoms with Gasteiger partial charge in [0, 0.05) is 21.4 Å². The van der Waals surface area contributed by atoms with Gasteiger partial charge in [0.2, 0.25) is 0 Å². The Labute approximate surface area is 190 Å². The average Bonchev–Trinajstić information content (AvgIpc) is 2.89. The first-order valence-electron chi connectivity index (χ1n) is 11.7. The average molecular weight is 448 g/mol. The third-order valence-electron chi connectivity index (χ3n) is 6.69. The zero-order valence-corrected chi connectivity index (χ0v) is 24.8. The van der Waals surface area contributed by atoms with Gasteiger partial charge in [0.15, 0.2) is 7.23 Å². The Kier molecular flexibility index (Phi) is 6.60. The number of hydrogen-bond acceptors (Lipinski definition) is 0. The smallest absolute Gasteiger partial charge is 0.0556 e. The molecule has 0 aromatic carbocycles. The molecule has 2 heterocycles. The van der Waals surface area contributed by atoms with E-state index in [0.717, 1.165) is 0 Å². The normalized spacial score (nSPS) is 20.6. The molecule has 1 aliphatic heterocycles. The monoisotopic (exact) mass is 447 g/mol. The lowest BCUT2D eigenvalue weighted by atomic mass is 9.82. The summed E-state index contributed by atoms with van der Waals surface area (Å²) in [4.78, 5) is 0. The molecular weight excluding hydrogens is 398 g/mol. The SMILES string of the molecule is CC1=C(C)C(C(C)(C)C)[P+](p2c(C(C)(C)C)c(C)c(C)c2C(C)(C)C)=C1C(C)(C)C. The van der Waals surface area contributed by atoms with Crippen LogP contribution in [0.4, 0.5) is 0 Å². The zero-order chi connectivity index (χ0) is 23.8. The van der Waals surface area contributed by atoms with Gasteiger partial charge in [0.25, 0.3) is 0 Å². The maximum atomic E-state index is 2.49. The third-order valence-corrected chi connectivity index (χ3v) is 16.9. The van der Waals surface area contributed by atoms with Crippen molar-refractivity contribution >= 4 is 19.7 Å². The van der Waals surface area contributed by atoms with Crippen LogP contribution in [0.5, 0.6) is 0 Å². The van der Waals surface area contributed by atoms with Crippen molar-refractivity contribution in [2.75, 3.05) is 0 Å². The number of hydrogen-bond donors (Lipinski definition) is 0. The van der Waals surface area contributed by atoms with Crippen molar-refractivity contribution in [3.63, 3.8) is 0 Å². The quantitative estimate of drug-likeness (QED) is 0.376. The Bertz CT molecular complexity index is 867. The van der Waals surface area contributed by atoms with Gasteiger partial charge in [0.05, 0.1) is 7.22 Å². The largest absolute Gasteiger partial charge is 0.155 e. The minimum atomic E-state index is -0.343. The summed E-state index contributed by atoms with van der Waals surface area (Å²) in [7, 11) is -0.640. The van der Waals surface area contributed by atoms with Crippen LogP contribution in [0.3, 0.4) is 0 Å². The summed E-state index contributed by atoms with van der Waals surface area (Å²) >= 11 is 0. The minimum absolute atomic E-state index is 0.211. The van der Waals surface area contributed by atoms with E-state index in [2.05, 4.69) is 111 Å². The Balaban J connectivity index is 3.21. The van der Waals surface area contributed by atoms with Crippen molar-refractivity contribution in [1.82, 2.24) is 0 Å². The predicted molar refractivity (Wildman–Crippen MR) is 144 cm³/mol. The van der Waals surface area contributed by atoms with Gasteiger partial charge in [-0.1, -0.05) is 83.1 Å². The van der Waals surface area contributed by atoms with E-state index in [1.165, 1.54) is 0 Å². The first kappa shape index (κ1) is 25.9. The summed E-state index contributed by atoms with van der Waals surface area (Å²) in [6.45, 7) is 39.3. The molecule has 0 bridgehead atoms. The van der Waals surface area contributed by atoms with Crippen LogP contribution < -0.4 is 0 Å². The maximum Gasteiger partial charge on any atom is 0.155 e. The summed E-state index contributed by atoms with van der Waals surface area (Å²) < 4.78 is 0. The predicted octanol–water partition coefficient (Wildman–Crippen LogP) is 10.1. The van der Waals surface area contributed by atoms with Crippen LogP contribution in [-0.4, -0.2) is 11.0 Å². The molecular formula is C28H49P2+. The van der Waals surface area contributed by atoms with Crippen molar-refractivity contribution in [3.8, 4) is 0 Å². The highest BCUT2D eigenvalue weighted by Crippen LogP contribution is 2.76. The lowest BCUT2D eigenvalue weighted by molar-refractivity contribution is 0.421. The lowest BCUT2D eigenvalue weighted by Gasteiger charge is -2.29. The fourth-order valence-electron chi connectivity index (χ4n) is 5.77. The zero-order valence-electron chi connectivity index (χ0n) is 23.0. The van der Waals surface area contributed by atoms with E-state index in [9.17, 15) is 0 Å². The van der Waals surface area contributed by atoms with Gasteiger partial charge in [-0.2, -0.15) is 0 Å². The molecule has 0 fully saturated rings. The van der Waals surface area contributed by atoms with Crippen LogP contribution in [0.15, 0.2) is 11.1 Å². The summed E-state index contributed by atoms with van der Waals surface area (Å²) in [5, 5.41) is 5.36. The van der Waals surface area contributed by atoms with Crippen LogP contribution in [0.2, 0.25) is 0 Å². The molecule has 0 spiro atoms. The van der Waals surface area contributed by atoms with Crippen LogP contribution in [0, 0.1) is 24.7 Å². The van der Waals surface area contributed by atoms with Crippen LogP contribution >= 0.6 is 14.5 Å². The van der Waals surface area contributed by atoms with Crippen LogP contribution in [-0.2, 0) is 10.8 Å². The van der Waals surface area contributed by atoms with Gasteiger partial charge >= 0.3 is 0 Å². The Hall–Kier alpha value is -0.310. The van der Waals surface area contributed by atoms with E-state index in [0.29, 0.717) is 5.66 Å². The molecule has 2 unspecified atom stereocenters. The van der Waals surface area contributed by atoms with Gasteiger partial charge in [-0.15, -0.1) is 0 Å². The van der Waals surface area contributed by atoms with Crippen molar-refractivity contribution in [2.45, 2.75) is 127 Å². The summed E-state index contributed by atoms with van der Waals surface area (Å²) in [6.07, 6.45) is 0. The molecule has 0 saturated heterocycles.